The van der Waals surface area contributed by atoms with E-state index in [1.54, 1.807) is 6.07 Å². The number of non-ortho nitro benzene ring substituents is 1. The average Bonchev–Trinajstić information content (AvgIpc) is 2.52. The smallest absolute Gasteiger partial charge is 0.273 e. The lowest BCUT2D eigenvalue weighted by Crippen LogP contribution is -2.02. The van der Waals surface area contributed by atoms with Gasteiger partial charge in [-0.3, -0.25) is 10.1 Å². The quantitative estimate of drug-likeness (QED) is 0.305. The number of hydrogen-bond acceptors (Lipinski definition) is 4. The van der Waals surface area contributed by atoms with E-state index in [0.717, 1.165) is 19.3 Å². The molecular formula is C17H27NO4. The van der Waals surface area contributed by atoms with Crippen LogP contribution < -0.4 is 9.47 Å². The van der Waals surface area contributed by atoms with Gasteiger partial charge in [-0.1, -0.05) is 46.0 Å². The highest BCUT2D eigenvalue weighted by Gasteiger charge is 2.12. The van der Waals surface area contributed by atoms with Gasteiger partial charge < -0.3 is 9.47 Å². The lowest BCUT2D eigenvalue weighted by atomic mass is 10.1. The summed E-state index contributed by atoms with van der Waals surface area (Å²) < 4.78 is 11.3. The van der Waals surface area contributed by atoms with Crippen LogP contribution in [0.1, 0.15) is 58.8 Å². The number of nitrogens with zero attached hydrogens (tertiary/aromatic N) is 1. The summed E-state index contributed by atoms with van der Waals surface area (Å²) >= 11 is 0. The maximum atomic E-state index is 10.8. The van der Waals surface area contributed by atoms with Gasteiger partial charge in [0.25, 0.3) is 5.69 Å². The zero-order chi connectivity index (χ0) is 16.2. The summed E-state index contributed by atoms with van der Waals surface area (Å²) in [5.41, 5.74) is 0.0259. The molecule has 0 amide bonds. The van der Waals surface area contributed by atoms with E-state index in [0.29, 0.717) is 24.7 Å². The molecule has 0 heterocycles. The van der Waals surface area contributed by atoms with Gasteiger partial charge in [-0.2, -0.15) is 0 Å². The molecule has 22 heavy (non-hydrogen) atoms. The van der Waals surface area contributed by atoms with Crippen LogP contribution in [0.3, 0.4) is 0 Å². The molecule has 5 nitrogen and oxygen atoms in total. The van der Waals surface area contributed by atoms with Crippen LogP contribution in [-0.4, -0.2) is 18.1 Å². The van der Waals surface area contributed by atoms with Crippen LogP contribution in [0.5, 0.6) is 11.5 Å². The Hall–Kier alpha value is -1.78. The molecule has 0 aliphatic rings. The molecule has 0 spiro atoms. The van der Waals surface area contributed by atoms with Crippen molar-refractivity contribution >= 4 is 5.69 Å². The molecular weight excluding hydrogens is 282 g/mol. The second-order valence-corrected chi connectivity index (χ2v) is 5.35. The summed E-state index contributed by atoms with van der Waals surface area (Å²) in [6.07, 6.45) is 8.04. The fraction of sp³-hybridized carbons (Fsp3) is 0.647. The van der Waals surface area contributed by atoms with E-state index >= 15 is 0 Å². The van der Waals surface area contributed by atoms with Crippen molar-refractivity contribution in [3.63, 3.8) is 0 Å². The lowest BCUT2D eigenvalue weighted by Gasteiger charge is -2.12. The van der Waals surface area contributed by atoms with Gasteiger partial charge in [-0.15, -0.1) is 0 Å². The Morgan fingerprint density at radius 1 is 0.909 bits per heavy atom. The van der Waals surface area contributed by atoms with Gasteiger partial charge in [0.05, 0.1) is 24.2 Å². The molecule has 0 unspecified atom stereocenters. The summed E-state index contributed by atoms with van der Waals surface area (Å²) in [7, 11) is 0. The largest absolute Gasteiger partial charge is 0.490 e. The van der Waals surface area contributed by atoms with Crippen molar-refractivity contribution in [2.24, 2.45) is 0 Å². The van der Waals surface area contributed by atoms with Crippen molar-refractivity contribution < 1.29 is 14.4 Å². The molecule has 0 atom stereocenters. The van der Waals surface area contributed by atoms with Crippen LogP contribution in [0.15, 0.2) is 18.2 Å². The Kier molecular flexibility index (Phi) is 9.03. The molecule has 0 radical (unpaired) electrons. The van der Waals surface area contributed by atoms with Crippen molar-refractivity contribution in [1.29, 1.82) is 0 Å². The second kappa shape index (κ2) is 10.9. The molecule has 0 fully saturated rings. The van der Waals surface area contributed by atoms with Gasteiger partial charge in [0.2, 0.25) is 0 Å². The highest BCUT2D eigenvalue weighted by atomic mass is 16.6. The molecule has 0 bridgehead atoms. The van der Waals surface area contributed by atoms with Crippen LogP contribution in [0, 0.1) is 10.1 Å². The van der Waals surface area contributed by atoms with Crippen LogP contribution >= 0.6 is 0 Å². The highest BCUT2D eigenvalue weighted by Crippen LogP contribution is 2.31. The first kappa shape index (κ1) is 18.3. The molecule has 5 heteroatoms. The Morgan fingerprint density at radius 2 is 1.59 bits per heavy atom. The maximum Gasteiger partial charge on any atom is 0.273 e. The standard InChI is InChI=1S/C17H27NO4/c1-3-5-6-7-8-9-13-22-16-11-10-15(18(19)20)14-17(16)21-12-4-2/h10-11,14H,3-9,12-13H2,1-2H3. The zero-order valence-corrected chi connectivity index (χ0v) is 13.7. The van der Waals surface area contributed by atoms with E-state index in [9.17, 15) is 10.1 Å². The minimum absolute atomic E-state index is 0.0259. The summed E-state index contributed by atoms with van der Waals surface area (Å²) in [5, 5.41) is 10.8. The number of rotatable bonds is 12. The summed E-state index contributed by atoms with van der Waals surface area (Å²) in [6, 6.07) is 4.52. The molecule has 1 rings (SSSR count). The molecule has 0 aliphatic heterocycles. The number of benzene rings is 1. The van der Waals surface area contributed by atoms with Crippen LogP contribution in [-0.2, 0) is 0 Å². The molecule has 0 N–H and O–H groups in total. The molecule has 1 aromatic rings. The van der Waals surface area contributed by atoms with E-state index in [-0.39, 0.29) is 5.69 Å². The van der Waals surface area contributed by atoms with Gasteiger partial charge in [0.15, 0.2) is 11.5 Å². The van der Waals surface area contributed by atoms with Crippen molar-refractivity contribution in [2.75, 3.05) is 13.2 Å². The second-order valence-electron chi connectivity index (χ2n) is 5.35. The van der Waals surface area contributed by atoms with Crippen molar-refractivity contribution in [1.82, 2.24) is 0 Å². The van der Waals surface area contributed by atoms with Crippen LogP contribution in [0.25, 0.3) is 0 Å². The van der Waals surface area contributed by atoms with Gasteiger partial charge in [0.1, 0.15) is 0 Å². The first-order valence-electron chi connectivity index (χ1n) is 8.23. The third kappa shape index (κ3) is 6.78. The number of ether oxygens (including phenoxy) is 2. The Balaban J connectivity index is 2.48. The Bertz CT molecular complexity index is 448. The maximum absolute atomic E-state index is 10.8. The SMILES string of the molecule is CCCCCCCCOc1ccc([N+](=O)[O-])cc1OCCC. The van der Waals surface area contributed by atoms with Crippen LogP contribution in [0.2, 0.25) is 0 Å². The third-order valence-electron chi connectivity index (χ3n) is 3.36. The number of hydrogen-bond donors (Lipinski definition) is 0. The Labute approximate surface area is 132 Å². The van der Waals surface area contributed by atoms with E-state index in [2.05, 4.69) is 6.92 Å². The van der Waals surface area contributed by atoms with Crippen molar-refractivity contribution in [2.45, 2.75) is 58.8 Å². The van der Waals surface area contributed by atoms with E-state index in [1.807, 2.05) is 6.92 Å². The molecule has 0 saturated carbocycles. The van der Waals surface area contributed by atoms with E-state index < -0.39 is 4.92 Å². The minimum atomic E-state index is -0.420. The molecule has 1 aromatic carbocycles. The summed E-state index contributed by atoms with van der Waals surface area (Å²) in [4.78, 5) is 10.4. The monoisotopic (exact) mass is 309 g/mol. The van der Waals surface area contributed by atoms with E-state index in [4.69, 9.17) is 9.47 Å². The average molecular weight is 309 g/mol. The Morgan fingerprint density at radius 3 is 2.27 bits per heavy atom. The van der Waals surface area contributed by atoms with Gasteiger partial charge in [-0.25, -0.2) is 0 Å². The number of nitro benzene ring substituents is 1. The van der Waals surface area contributed by atoms with Crippen molar-refractivity contribution in [3.05, 3.63) is 28.3 Å². The zero-order valence-electron chi connectivity index (χ0n) is 13.7. The van der Waals surface area contributed by atoms with Crippen molar-refractivity contribution in [3.8, 4) is 11.5 Å². The fourth-order valence-corrected chi connectivity index (χ4v) is 2.12. The molecule has 0 aliphatic carbocycles. The van der Waals surface area contributed by atoms with Gasteiger partial charge in [-0.05, 0) is 18.9 Å². The summed E-state index contributed by atoms with van der Waals surface area (Å²) in [5.74, 6) is 1.05. The predicted molar refractivity (Wildman–Crippen MR) is 87.8 cm³/mol. The molecule has 0 saturated heterocycles. The fourth-order valence-electron chi connectivity index (χ4n) is 2.12. The first-order valence-corrected chi connectivity index (χ1v) is 8.23. The predicted octanol–water partition coefficient (Wildman–Crippen LogP) is 5.12. The lowest BCUT2D eigenvalue weighted by molar-refractivity contribution is -0.385. The summed E-state index contributed by atoms with van der Waals surface area (Å²) in [6.45, 7) is 5.34. The van der Waals surface area contributed by atoms with Crippen LogP contribution in [0.4, 0.5) is 5.69 Å². The normalized spacial score (nSPS) is 10.5. The van der Waals surface area contributed by atoms with Gasteiger partial charge >= 0.3 is 0 Å². The highest BCUT2D eigenvalue weighted by molar-refractivity contribution is 5.48. The first-order chi connectivity index (χ1) is 10.7. The number of unbranched alkanes of at least 4 members (excludes halogenated alkanes) is 5. The third-order valence-corrected chi connectivity index (χ3v) is 3.36. The topological polar surface area (TPSA) is 61.6 Å². The molecule has 124 valence electrons. The molecule has 0 aromatic heterocycles. The minimum Gasteiger partial charge on any atom is -0.490 e. The van der Waals surface area contributed by atoms with Gasteiger partial charge in [0, 0.05) is 6.07 Å². The van der Waals surface area contributed by atoms with E-state index in [1.165, 1.54) is 37.8 Å². The number of nitro groups is 1.